The number of amidine groups is 1. The Hall–Kier alpha value is -3.18. The molecule has 4 rings (SSSR count). The van der Waals surface area contributed by atoms with Crippen molar-refractivity contribution in [3.05, 3.63) is 66.2 Å². The van der Waals surface area contributed by atoms with Crippen LogP contribution in [0.5, 0.6) is 11.5 Å². The highest BCUT2D eigenvalue weighted by atomic mass is 32.2. The third kappa shape index (κ3) is 5.91. The highest BCUT2D eigenvalue weighted by Crippen LogP contribution is 2.26. The van der Waals surface area contributed by atoms with Crippen molar-refractivity contribution in [3.63, 3.8) is 0 Å². The molecule has 10 heteroatoms. The Morgan fingerprint density at radius 2 is 1.77 bits per heavy atom. The number of hydrogen-bond acceptors (Lipinski definition) is 7. The number of piperazine rings is 1. The average Bonchev–Trinajstić information content (AvgIpc) is 2.87. The first-order chi connectivity index (χ1) is 16.8. The molecule has 0 aliphatic carbocycles. The highest BCUT2D eigenvalue weighted by molar-refractivity contribution is 7.89. The Bertz CT molecular complexity index is 1310. The van der Waals surface area contributed by atoms with E-state index in [9.17, 15) is 13.5 Å². The van der Waals surface area contributed by atoms with Gasteiger partial charge in [0, 0.05) is 38.3 Å². The molecule has 0 spiro atoms. The first-order valence-electron chi connectivity index (χ1n) is 11.3. The van der Waals surface area contributed by atoms with Crippen molar-refractivity contribution in [2.75, 3.05) is 46.4 Å². The van der Waals surface area contributed by atoms with Gasteiger partial charge in [-0.05, 0) is 47.2 Å². The number of aliphatic hydroxyl groups is 1. The lowest BCUT2D eigenvalue weighted by atomic mass is 10.1. The summed E-state index contributed by atoms with van der Waals surface area (Å²) in [5.74, 6) is 1.16. The summed E-state index contributed by atoms with van der Waals surface area (Å²) in [5, 5.41) is 19.7. The SMILES string of the molecule is COc1ccc2ccc(S(=O)(=O)N3CCN(CC(O)COc4cccc(C(=N)N)c4)CC3)cc2c1. The molecule has 1 aliphatic rings. The van der Waals surface area contributed by atoms with Crippen LogP contribution in [-0.2, 0) is 10.0 Å². The van der Waals surface area contributed by atoms with E-state index in [1.54, 1.807) is 49.6 Å². The number of nitrogen functional groups attached to an aromatic ring is 1. The van der Waals surface area contributed by atoms with Crippen LogP contribution in [0.25, 0.3) is 10.8 Å². The molecule has 0 saturated carbocycles. The fourth-order valence-electron chi connectivity index (χ4n) is 4.09. The number of benzene rings is 3. The quantitative estimate of drug-likeness (QED) is 0.303. The van der Waals surface area contributed by atoms with Crippen molar-refractivity contribution in [1.82, 2.24) is 9.21 Å². The molecule has 3 aromatic carbocycles. The lowest BCUT2D eigenvalue weighted by molar-refractivity contribution is 0.0569. The van der Waals surface area contributed by atoms with Gasteiger partial charge in [0.1, 0.15) is 30.0 Å². The van der Waals surface area contributed by atoms with E-state index in [1.165, 1.54) is 4.31 Å². The molecule has 0 bridgehead atoms. The molecule has 1 saturated heterocycles. The first-order valence-corrected chi connectivity index (χ1v) is 12.8. The van der Waals surface area contributed by atoms with Gasteiger partial charge in [-0.2, -0.15) is 4.31 Å². The van der Waals surface area contributed by atoms with E-state index in [0.29, 0.717) is 49.8 Å². The fraction of sp³-hybridized carbons (Fsp3) is 0.320. The predicted molar refractivity (Wildman–Crippen MR) is 135 cm³/mol. The summed E-state index contributed by atoms with van der Waals surface area (Å²) in [7, 11) is -2.05. The van der Waals surface area contributed by atoms with Crippen LogP contribution in [-0.4, -0.2) is 81.1 Å². The Kier molecular flexibility index (Phi) is 7.56. The second-order valence-electron chi connectivity index (χ2n) is 8.49. The van der Waals surface area contributed by atoms with Crippen molar-refractivity contribution < 1.29 is 23.0 Å². The van der Waals surface area contributed by atoms with Crippen LogP contribution >= 0.6 is 0 Å². The molecule has 1 atom stereocenters. The Morgan fingerprint density at radius 1 is 1.03 bits per heavy atom. The van der Waals surface area contributed by atoms with E-state index < -0.39 is 16.1 Å². The van der Waals surface area contributed by atoms with Crippen LogP contribution in [0.15, 0.2) is 65.6 Å². The molecule has 0 amide bonds. The van der Waals surface area contributed by atoms with Gasteiger partial charge in [0.2, 0.25) is 10.0 Å². The van der Waals surface area contributed by atoms with Crippen molar-refractivity contribution >= 4 is 26.6 Å². The molecule has 1 unspecified atom stereocenters. The van der Waals surface area contributed by atoms with Crippen LogP contribution in [0.2, 0.25) is 0 Å². The van der Waals surface area contributed by atoms with Crippen molar-refractivity contribution in [3.8, 4) is 11.5 Å². The molecule has 35 heavy (non-hydrogen) atoms. The first kappa shape index (κ1) is 24.9. The lowest BCUT2D eigenvalue weighted by Crippen LogP contribution is -2.50. The van der Waals surface area contributed by atoms with Gasteiger partial charge in [0.05, 0.1) is 12.0 Å². The molecule has 4 N–H and O–H groups in total. The van der Waals surface area contributed by atoms with Gasteiger partial charge in [0.25, 0.3) is 0 Å². The number of nitrogens with one attached hydrogen (secondary N) is 1. The van der Waals surface area contributed by atoms with Gasteiger partial charge >= 0.3 is 0 Å². The maximum atomic E-state index is 13.2. The standard InChI is InChI=1S/C25H30N4O5S/c1-33-22-7-5-18-6-8-24(15-20(18)14-22)35(31,32)29-11-9-28(10-12-29)16-21(30)17-34-23-4-2-3-19(13-23)25(26)27/h2-8,13-15,21,30H,9-12,16-17H2,1H3,(H3,26,27). The number of β-amino-alcohol motifs (C(OH)–C–C–N with tert-alkyl or cyclic N) is 1. The Balaban J connectivity index is 1.32. The number of nitrogens with zero attached hydrogens (tertiary/aromatic N) is 2. The Morgan fingerprint density at radius 3 is 2.49 bits per heavy atom. The van der Waals surface area contributed by atoms with Gasteiger partial charge in [-0.3, -0.25) is 10.3 Å². The van der Waals surface area contributed by atoms with Crippen molar-refractivity contribution in [1.29, 1.82) is 5.41 Å². The van der Waals surface area contributed by atoms with Gasteiger partial charge in [-0.15, -0.1) is 0 Å². The van der Waals surface area contributed by atoms with Crippen LogP contribution < -0.4 is 15.2 Å². The third-order valence-electron chi connectivity index (χ3n) is 6.04. The van der Waals surface area contributed by atoms with Crippen molar-refractivity contribution in [2.45, 2.75) is 11.0 Å². The van der Waals surface area contributed by atoms with Crippen LogP contribution in [0.4, 0.5) is 0 Å². The van der Waals surface area contributed by atoms with E-state index in [-0.39, 0.29) is 17.3 Å². The molecule has 0 radical (unpaired) electrons. The molecular weight excluding hydrogens is 468 g/mol. The second-order valence-corrected chi connectivity index (χ2v) is 10.4. The minimum atomic E-state index is -3.63. The summed E-state index contributed by atoms with van der Waals surface area (Å²) < 4.78 is 38.8. The third-order valence-corrected chi connectivity index (χ3v) is 7.94. The number of fused-ring (bicyclic) bond motifs is 1. The smallest absolute Gasteiger partial charge is 0.243 e. The zero-order valence-corrected chi connectivity index (χ0v) is 20.4. The zero-order valence-electron chi connectivity index (χ0n) is 19.6. The van der Waals surface area contributed by atoms with Gasteiger partial charge in [-0.1, -0.05) is 24.3 Å². The van der Waals surface area contributed by atoms with E-state index in [1.807, 2.05) is 23.1 Å². The number of sulfonamides is 1. The normalized spacial score (nSPS) is 16.2. The fourth-order valence-corrected chi connectivity index (χ4v) is 5.55. The Labute approximate surface area is 205 Å². The molecular formula is C25H30N4O5S. The summed E-state index contributed by atoms with van der Waals surface area (Å²) >= 11 is 0. The van der Waals surface area contributed by atoms with Gasteiger partial charge in [0.15, 0.2) is 0 Å². The molecule has 3 aromatic rings. The maximum Gasteiger partial charge on any atom is 0.243 e. The minimum absolute atomic E-state index is 0.0489. The highest BCUT2D eigenvalue weighted by Gasteiger charge is 2.29. The molecule has 9 nitrogen and oxygen atoms in total. The second kappa shape index (κ2) is 10.6. The van der Waals surface area contributed by atoms with Crippen molar-refractivity contribution in [2.24, 2.45) is 5.73 Å². The van der Waals surface area contributed by atoms with Gasteiger partial charge in [-0.25, -0.2) is 8.42 Å². The van der Waals surface area contributed by atoms with Crippen LogP contribution in [0.1, 0.15) is 5.56 Å². The summed E-state index contributed by atoms with van der Waals surface area (Å²) in [6.45, 7) is 2.16. The molecule has 1 heterocycles. The van der Waals surface area contributed by atoms with Crippen LogP contribution in [0, 0.1) is 5.41 Å². The summed E-state index contributed by atoms with van der Waals surface area (Å²) in [6, 6.07) is 17.6. The maximum absolute atomic E-state index is 13.2. The number of nitrogens with two attached hydrogens (primary N) is 1. The topological polar surface area (TPSA) is 129 Å². The zero-order chi connectivity index (χ0) is 25.0. The number of methoxy groups -OCH3 is 1. The van der Waals surface area contributed by atoms with E-state index >= 15 is 0 Å². The summed E-state index contributed by atoms with van der Waals surface area (Å²) in [4.78, 5) is 2.28. The summed E-state index contributed by atoms with van der Waals surface area (Å²) in [6.07, 6.45) is -0.741. The average molecular weight is 499 g/mol. The van der Waals surface area contributed by atoms with E-state index in [2.05, 4.69) is 0 Å². The number of rotatable bonds is 9. The van der Waals surface area contributed by atoms with E-state index in [4.69, 9.17) is 20.6 Å². The van der Waals surface area contributed by atoms with E-state index in [0.717, 1.165) is 10.8 Å². The van der Waals surface area contributed by atoms with Gasteiger partial charge < -0.3 is 20.3 Å². The summed E-state index contributed by atoms with van der Waals surface area (Å²) in [5.41, 5.74) is 6.05. The monoisotopic (exact) mass is 498 g/mol. The minimum Gasteiger partial charge on any atom is -0.497 e. The molecule has 186 valence electrons. The number of hydrogen-bond donors (Lipinski definition) is 3. The molecule has 1 aliphatic heterocycles. The van der Waals surface area contributed by atoms with Crippen LogP contribution in [0.3, 0.4) is 0 Å². The molecule has 0 aromatic heterocycles. The molecule has 1 fully saturated rings. The number of aliphatic hydroxyl groups excluding tert-OH is 1. The lowest BCUT2D eigenvalue weighted by Gasteiger charge is -2.34. The number of ether oxygens (including phenoxy) is 2. The predicted octanol–water partition coefficient (Wildman–Crippen LogP) is 1.88. The largest absolute Gasteiger partial charge is 0.497 e.